The van der Waals surface area contributed by atoms with Crippen molar-refractivity contribution in [1.29, 1.82) is 0 Å². The van der Waals surface area contributed by atoms with E-state index in [1.54, 1.807) is 11.3 Å². The van der Waals surface area contributed by atoms with Crippen LogP contribution in [0.3, 0.4) is 0 Å². The zero-order chi connectivity index (χ0) is 28.6. The van der Waals surface area contributed by atoms with Crippen molar-refractivity contribution in [2.24, 2.45) is 16.3 Å². The van der Waals surface area contributed by atoms with Crippen LogP contribution in [0.15, 0.2) is 90.1 Å². The SMILES string of the molecule is CC(C)(C)[C@@H]1CCc2c(sc(N=Cc3cn(Cc4ccccc4Cl)c4ccccc34)c2C(=O)Nc2ccccc2)C1. The number of para-hydroxylation sites is 2. The number of anilines is 1. The molecular formula is C35H34ClN3OS. The van der Waals surface area contributed by atoms with E-state index in [0.29, 0.717) is 12.5 Å². The highest BCUT2D eigenvalue weighted by Crippen LogP contribution is 2.45. The molecule has 0 spiro atoms. The Morgan fingerprint density at radius 3 is 2.56 bits per heavy atom. The molecule has 0 saturated heterocycles. The van der Waals surface area contributed by atoms with Crippen molar-refractivity contribution < 1.29 is 4.79 Å². The predicted molar refractivity (Wildman–Crippen MR) is 173 cm³/mol. The van der Waals surface area contributed by atoms with Gasteiger partial charge < -0.3 is 9.88 Å². The molecule has 2 aromatic heterocycles. The van der Waals surface area contributed by atoms with Crippen LogP contribution in [0.1, 0.15) is 59.1 Å². The molecule has 6 heteroatoms. The topological polar surface area (TPSA) is 46.4 Å². The molecule has 6 rings (SSSR count). The van der Waals surface area contributed by atoms with Crippen molar-refractivity contribution in [1.82, 2.24) is 4.57 Å². The second kappa shape index (κ2) is 11.3. The molecule has 208 valence electrons. The summed E-state index contributed by atoms with van der Waals surface area (Å²) in [5.74, 6) is 0.495. The third kappa shape index (κ3) is 5.74. The lowest BCUT2D eigenvalue weighted by Gasteiger charge is -2.33. The van der Waals surface area contributed by atoms with E-state index in [9.17, 15) is 4.79 Å². The normalized spacial score (nSPS) is 15.4. The number of aromatic nitrogens is 1. The Bertz CT molecular complexity index is 1740. The van der Waals surface area contributed by atoms with Crippen LogP contribution in [0.5, 0.6) is 0 Å². The highest BCUT2D eigenvalue weighted by Gasteiger charge is 2.33. The van der Waals surface area contributed by atoms with E-state index in [-0.39, 0.29) is 11.3 Å². The number of nitrogens with zero attached hydrogens (tertiary/aromatic N) is 2. The van der Waals surface area contributed by atoms with E-state index in [1.165, 1.54) is 4.88 Å². The van der Waals surface area contributed by atoms with Gasteiger partial charge in [-0.25, -0.2) is 4.99 Å². The van der Waals surface area contributed by atoms with Crippen LogP contribution in [0.4, 0.5) is 10.7 Å². The van der Waals surface area contributed by atoms with Crippen molar-refractivity contribution in [2.45, 2.75) is 46.6 Å². The Kier molecular flexibility index (Phi) is 7.58. The zero-order valence-electron chi connectivity index (χ0n) is 23.7. The third-order valence-electron chi connectivity index (χ3n) is 8.17. The van der Waals surface area contributed by atoms with E-state index in [0.717, 1.165) is 68.1 Å². The second-order valence-electron chi connectivity index (χ2n) is 11.9. The molecule has 0 aliphatic heterocycles. The zero-order valence-corrected chi connectivity index (χ0v) is 25.2. The standard InChI is InChI=1S/C35H34ClN3OS/c1-35(2,3)25-17-18-28-31(19-25)41-34(32(28)33(40)38-26-12-5-4-6-13-26)37-20-24-22-39(30-16-10-8-14-27(24)30)21-23-11-7-9-15-29(23)36/h4-16,20,22,25H,17-19,21H2,1-3H3,(H,38,40)/t25-/m1/s1. The summed E-state index contributed by atoms with van der Waals surface area (Å²) >= 11 is 8.16. The maximum Gasteiger partial charge on any atom is 0.259 e. The van der Waals surface area contributed by atoms with Gasteiger partial charge in [0.15, 0.2) is 0 Å². The molecule has 1 atom stereocenters. The fraction of sp³-hybridized carbons (Fsp3) is 0.257. The molecule has 1 aliphatic rings. The number of aliphatic imine (C=N–C) groups is 1. The summed E-state index contributed by atoms with van der Waals surface area (Å²) in [5.41, 5.74) is 6.10. The van der Waals surface area contributed by atoms with Crippen LogP contribution >= 0.6 is 22.9 Å². The maximum atomic E-state index is 13.7. The highest BCUT2D eigenvalue weighted by atomic mass is 35.5. The van der Waals surface area contributed by atoms with E-state index < -0.39 is 0 Å². The first kappa shape index (κ1) is 27.5. The molecule has 2 heterocycles. The van der Waals surface area contributed by atoms with Gasteiger partial charge in [0.05, 0.1) is 5.56 Å². The summed E-state index contributed by atoms with van der Waals surface area (Å²) in [4.78, 5) is 20.0. The molecule has 0 saturated carbocycles. The Hall–Kier alpha value is -3.67. The summed E-state index contributed by atoms with van der Waals surface area (Å²) in [5, 5.41) is 5.77. The van der Waals surface area contributed by atoms with E-state index in [4.69, 9.17) is 16.6 Å². The Labute approximate surface area is 250 Å². The molecule has 5 aromatic rings. The fourth-order valence-corrected chi connectivity index (χ4v) is 7.26. The predicted octanol–water partition coefficient (Wildman–Crippen LogP) is 9.56. The summed E-state index contributed by atoms with van der Waals surface area (Å²) in [6, 6.07) is 26.0. The van der Waals surface area contributed by atoms with E-state index >= 15 is 0 Å². The minimum atomic E-state index is -0.0868. The number of thiophene rings is 1. The molecule has 1 N–H and O–H groups in total. The molecule has 0 radical (unpaired) electrons. The van der Waals surface area contributed by atoms with Crippen molar-refractivity contribution in [3.8, 4) is 0 Å². The number of amides is 1. The molecule has 41 heavy (non-hydrogen) atoms. The van der Waals surface area contributed by atoms with Gasteiger partial charge in [-0.2, -0.15) is 0 Å². The monoisotopic (exact) mass is 579 g/mol. The molecule has 1 aliphatic carbocycles. The average Bonchev–Trinajstić information content (AvgIpc) is 3.50. The summed E-state index contributed by atoms with van der Waals surface area (Å²) in [7, 11) is 0. The number of halogens is 1. The Balaban J connectivity index is 1.38. The van der Waals surface area contributed by atoms with Crippen molar-refractivity contribution in [2.75, 3.05) is 5.32 Å². The number of hydrogen-bond acceptors (Lipinski definition) is 3. The number of hydrogen-bond donors (Lipinski definition) is 1. The van der Waals surface area contributed by atoms with Gasteiger partial charge in [0.1, 0.15) is 5.00 Å². The van der Waals surface area contributed by atoms with Crippen LogP contribution in [0, 0.1) is 11.3 Å². The van der Waals surface area contributed by atoms with E-state index in [2.05, 4.69) is 67.2 Å². The fourth-order valence-electron chi connectivity index (χ4n) is 5.80. The van der Waals surface area contributed by atoms with Gasteiger partial charge in [-0.05, 0) is 66.0 Å². The van der Waals surface area contributed by atoms with E-state index in [1.807, 2.05) is 54.7 Å². The number of fused-ring (bicyclic) bond motifs is 2. The Morgan fingerprint density at radius 2 is 1.78 bits per heavy atom. The van der Waals surface area contributed by atoms with Gasteiger partial charge in [-0.15, -0.1) is 11.3 Å². The van der Waals surface area contributed by atoms with Crippen LogP contribution in [0.25, 0.3) is 10.9 Å². The summed E-state index contributed by atoms with van der Waals surface area (Å²) in [6.45, 7) is 7.62. The molecule has 0 fully saturated rings. The lowest BCUT2D eigenvalue weighted by Crippen LogP contribution is -2.27. The maximum absolute atomic E-state index is 13.7. The minimum Gasteiger partial charge on any atom is -0.342 e. The molecule has 1 amide bonds. The minimum absolute atomic E-state index is 0.0868. The smallest absolute Gasteiger partial charge is 0.259 e. The number of carbonyl (C=O) groups excluding carboxylic acids is 1. The first-order valence-corrected chi connectivity index (χ1v) is 15.3. The van der Waals surface area contributed by atoms with Crippen molar-refractivity contribution in [3.63, 3.8) is 0 Å². The number of nitrogens with one attached hydrogen (secondary N) is 1. The average molecular weight is 580 g/mol. The van der Waals surface area contributed by atoms with Gasteiger partial charge in [-0.3, -0.25) is 4.79 Å². The summed E-state index contributed by atoms with van der Waals surface area (Å²) < 4.78 is 2.22. The van der Waals surface area contributed by atoms with Crippen LogP contribution in [0.2, 0.25) is 5.02 Å². The number of rotatable bonds is 6. The summed E-state index contributed by atoms with van der Waals surface area (Å²) in [6.07, 6.45) is 7.02. The molecule has 0 unspecified atom stereocenters. The van der Waals surface area contributed by atoms with Gasteiger partial charge in [0, 0.05) is 51.0 Å². The highest BCUT2D eigenvalue weighted by molar-refractivity contribution is 7.16. The Morgan fingerprint density at radius 1 is 1.05 bits per heavy atom. The number of benzene rings is 3. The van der Waals surface area contributed by atoms with Gasteiger partial charge in [0.2, 0.25) is 0 Å². The third-order valence-corrected chi connectivity index (χ3v) is 9.70. The first-order valence-electron chi connectivity index (χ1n) is 14.1. The lowest BCUT2D eigenvalue weighted by molar-refractivity contribution is 0.102. The molecule has 3 aromatic carbocycles. The molecule has 4 nitrogen and oxygen atoms in total. The largest absolute Gasteiger partial charge is 0.342 e. The van der Waals surface area contributed by atoms with Crippen molar-refractivity contribution in [3.05, 3.63) is 117 Å². The van der Waals surface area contributed by atoms with Gasteiger partial charge >= 0.3 is 0 Å². The first-order chi connectivity index (χ1) is 19.8. The van der Waals surface area contributed by atoms with Crippen LogP contribution < -0.4 is 5.32 Å². The van der Waals surface area contributed by atoms with Gasteiger partial charge in [-0.1, -0.05) is 87.0 Å². The quantitative estimate of drug-likeness (QED) is 0.200. The van der Waals surface area contributed by atoms with Gasteiger partial charge in [0.25, 0.3) is 5.91 Å². The van der Waals surface area contributed by atoms with Crippen LogP contribution in [-0.2, 0) is 19.4 Å². The molecule has 0 bridgehead atoms. The lowest BCUT2D eigenvalue weighted by atomic mass is 9.72. The molecular weight excluding hydrogens is 546 g/mol. The second-order valence-corrected chi connectivity index (χ2v) is 13.4. The van der Waals surface area contributed by atoms with Crippen LogP contribution in [-0.4, -0.2) is 16.7 Å². The van der Waals surface area contributed by atoms with Crippen molar-refractivity contribution >= 4 is 56.7 Å². The number of carbonyl (C=O) groups is 1.